The average molecular weight is 407 g/mol. The number of carboxylic acids is 1. The molecule has 3 rings (SSSR count). The molecule has 1 amide bonds. The van der Waals surface area contributed by atoms with E-state index in [4.69, 9.17) is 4.42 Å². The van der Waals surface area contributed by atoms with Crippen LogP contribution in [0.2, 0.25) is 0 Å². The van der Waals surface area contributed by atoms with E-state index in [-0.39, 0.29) is 5.43 Å². The molecule has 3 aromatic rings. The van der Waals surface area contributed by atoms with Crippen LogP contribution in [0.25, 0.3) is 22.3 Å². The molecular weight excluding hydrogens is 382 g/mol. The molecule has 0 bridgehead atoms. The quantitative estimate of drug-likeness (QED) is 0.603. The van der Waals surface area contributed by atoms with E-state index < -0.39 is 17.9 Å². The van der Waals surface area contributed by atoms with Crippen molar-refractivity contribution in [2.75, 3.05) is 0 Å². The van der Waals surface area contributed by atoms with E-state index in [0.717, 1.165) is 24.0 Å². The van der Waals surface area contributed by atoms with E-state index in [1.165, 1.54) is 6.07 Å². The van der Waals surface area contributed by atoms with Gasteiger partial charge < -0.3 is 14.8 Å². The number of carboxylic acid groups (broad SMARTS) is 1. The maximum atomic E-state index is 12.5. The number of aryl methyl sites for hydroxylation is 2. The van der Waals surface area contributed by atoms with Crippen LogP contribution in [0.4, 0.5) is 0 Å². The van der Waals surface area contributed by atoms with Crippen molar-refractivity contribution >= 4 is 22.8 Å². The summed E-state index contributed by atoms with van der Waals surface area (Å²) in [7, 11) is 0. The highest BCUT2D eigenvalue weighted by molar-refractivity contribution is 5.97. The van der Waals surface area contributed by atoms with Crippen molar-refractivity contribution < 1.29 is 19.1 Å². The van der Waals surface area contributed by atoms with Crippen molar-refractivity contribution in [1.82, 2.24) is 5.32 Å². The molecule has 1 heterocycles. The number of carbonyl (C=O) groups excluding carboxylic acids is 1. The third-order valence-corrected chi connectivity index (χ3v) is 5.04. The number of amides is 1. The van der Waals surface area contributed by atoms with Gasteiger partial charge in [0.1, 0.15) is 17.4 Å². The third-order valence-electron chi connectivity index (χ3n) is 5.04. The van der Waals surface area contributed by atoms with Gasteiger partial charge in [0.05, 0.1) is 5.39 Å². The topological polar surface area (TPSA) is 96.6 Å². The van der Waals surface area contributed by atoms with Crippen molar-refractivity contribution in [2.24, 2.45) is 0 Å². The van der Waals surface area contributed by atoms with Crippen LogP contribution >= 0.6 is 0 Å². The largest absolute Gasteiger partial charge is 0.480 e. The van der Waals surface area contributed by atoms with Crippen LogP contribution in [0.5, 0.6) is 0 Å². The summed E-state index contributed by atoms with van der Waals surface area (Å²) in [5, 5.41) is 12.4. The first-order chi connectivity index (χ1) is 14.3. The molecule has 6 nitrogen and oxygen atoms in total. The molecule has 0 aliphatic heterocycles. The van der Waals surface area contributed by atoms with E-state index >= 15 is 0 Å². The Labute approximate surface area is 174 Å². The summed E-state index contributed by atoms with van der Waals surface area (Å²) < 4.78 is 5.98. The SMILES string of the molecule is CCCCC(NC(=O)c1ccc(-c2cc(=O)c3cc(C)cc(C)c3o2)cc1)C(=O)O. The number of unbranched alkanes of at least 4 members (excludes halogenated alkanes) is 1. The molecule has 2 aromatic carbocycles. The van der Waals surface area contributed by atoms with Gasteiger partial charge in [-0.05, 0) is 49.6 Å². The minimum Gasteiger partial charge on any atom is -0.480 e. The van der Waals surface area contributed by atoms with E-state index in [0.29, 0.717) is 34.3 Å². The van der Waals surface area contributed by atoms with Crippen molar-refractivity contribution in [3.63, 3.8) is 0 Å². The lowest BCUT2D eigenvalue weighted by Gasteiger charge is -2.14. The average Bonchev–Trinajstić information content (AvgIpc) is 2.71. The number of nitrogens with one attached hydrogen (secondary N) is 1. The van der Waals surface area contributed by atoms with Crippen LogP contribution < -0.4 is 10.7 Å². The number of hydrogen-bond acceptors (Lipinski definition) is 4. The van der Waals surface area contributed by atoms with Crippen molar-refractivity contribution in [2.45, 2.75) is 46.1 Å². The predicted octanol–water partition coefficient (Wildman–Crippen LogP) is 4.45. The van der Waals surface area contributed by atoms with Crippen molar-refractivity contribution in [3.8, 4) is 11.3 Å². The van der Waals surface area contributed by atoms with Gasteiger partial charge in [-0.25, -0.2) is 4.79 Å². The first-order valence-electron chi connectivity index (χ1n) is 9.99. The molecular formula is C24H25NO5. The Kier molecular flexibility index (Phi) is 6.35. The van der Waals surface area contributed by atoms with Crippen molar-refractivity contribution in [1.29, 1.82) is 0 Å². The van der Waals surface area contributed by atoms with Crippen LogP contribution in [0.15, 0.2) is 51.7 Å². The zero-order chi connectivity index (χ0) is 21.8. The van der Waals surface area contributed by atoms with Crippen LogP contribution in [0.1, 0.15) is 47.7 Å². The standard InChI is InChI=1S/C24H25NO5/c1-4-5-6-19(24(28)29)25-23(27)17-9-7-16(8-10-17)21-13-20(26)18-12-14(2)11-15(3)22(18)30-21/h7-13,19H,4-6H2,1-3H3,(H,25,27)(H,28,29). The molecule has 156 valence electrons. The molecule has 2 N–H and O–H groups in total. The second-order valence-electron chi connectivity index (χ2n) is 7.52. The number of hydrogen-bond donors (Lipinski definition) is 2. The van der Waals surface area contributed by atoms with Gasteiger partial charge in [0, 0.05) is 17.2 Å². The molecule has 1 atom stereocenters. The molecule has 30 heavy (non-hydrogen) atoms. The smallest absolute Gasteiger partial charge is 0.326 e. The molecule has 1 aromatic heterocycles. The lowest BCUT2D eigenvalue weighted by Crippen LogP contribution is -2.40. The highest BCUT2D eigenvalue weighted by Gasteiger charge is 2.20. The Balaban J connectivity index is 1.86. The van der Waals surface area contributed by atoms with E-state index in [1.54, 1.807) is 24.3 Å². The van der Waals surface area contributed by atoms with Gasteiger partial charge >= 0.3 is 5.97 Å². The molecule has 0 saturated carbocycles. The monoisotopic (exact) mass is 407 g/mol. The van der Waals surface area contributed by atoms with Gasteiger partial charge in [0.15, 0.2) is 5.43 Å². The summed E-state index contributed by atoms with van der Waals surface area (Å²) >= 11 is 0. The highest BCUT2D eigenvalue weighted by atomic mass is 16.4. The maximum absolute atomic E-state index is 12.5. The van der Waals surface area contributed by atoms with E-state index in [1.807, 2.05) is 32.9 Å². The molecule has 1 unspecified atom stereocenters. The van der Waals surface area contributed by atoms with Gasteiger partial charge in [-0.15, -0.1) is 0 Å². The number of rotatable bonds is 7. The normalized spacial score (nSPS) is 12.0. The van der Waals surface area contributed by atoms with Crippen LogP contribution in [-0.2, 0) is 4.79 Å². The predicted molar refractivity (Wildman–Crippen MR) is 116 cm³/mol. The fourth-order valence-electron chi connectivity index (χ4n) is 3.44. The fraction of sp³-hybridized carbons (Fsp3) is 0.292. The Morgan fingerprint density at radius 1 is 1.10 bits per heavy atom. The lowest BCUT2D eigenvalue weighted by atomic mass is 10.0. The van der Waals surface area contributed by atoms with Crippen molar-refractivity contribution in [3.05, 3.63) is 69.4 Å². The summed E-state index contributed by atoms with van der Waals surface area (Å²) in [6.07, 6.45) is 1.96. The number of carbonyl (C=O) groups is 2. The Morgan fingerprint density at radius 2 is 1.80 bits per heavy atom. The molecule has 0 fully saturated rings. The molecule has 0 radical (unpaired) electrons. The highest BCUT2D eigenvalue weighted by Crippen LogP contribution is 2.25. The second-order valence-corrected chi connectivity index (χ2v) is 7.52. The summed E-state index contributed by atoms with van der Waals surface area (Å²) in [6, 6.07) is 10.9. The summed E-state index contributed by atoms with van der Waals surface area (Å²) in [5.74, 6) is -1.08. The first-order valence-corrected chi connectivity index (χ1v) is 9.99. The zero-order valence-corrected chi connectivity index (χ0v) is 17.3. The molecule has 0 saturated heterocycles. The van der Waals surface area contributed by atoms with Gasteiger partial charge in [-0.1, -0.05) is 38.0 Å². The van der Waals surface area contributed by atoms with Gasteiger partial charge in [-0.3, -0.25) is 9.59 Å². The van der Waals surface area contributed by atoms with Crippen LogP contribution in [-0.4, -0.2) is 23.0 Å². The summed E-state index contributed by atoms with van der Waals surface area (Å²) in [5.41, 5.74) is 3.30. The molecule has 0 spiro atoms. The second kappa shape index (κ2) is 8.95. The summed E-state index contributed by atoms with van der Waals surface area (Å²) in [6.45, 7) is 5.79. The van der Waals surface area contributed by atoms with E-state index in [9.17, 15) is 19.5 Å². The number of fused-ring (bicyclic) bond motifs is 1. The Bertz CT molecular complexity index is 1140. The first kappa shape index (κ1) is 21.3. The molecule has 6 heteroatoms. The third kappa shape index (κ3) is 4.59. The number of aliphatic carboxylic acids is 1. The number of benzene rings is 2. The van der Waals surface area contributed by atoms with Gasteiger partial charge in [0.25, 0.3) is 5.91 Å². The fourth-order valence-corrected chi connectivity index (χ4v) is 3.44. The van der Waals surface area contributed by atoms with E-state index in [2.05, 4.69) is 5.32 Å². The minimum atomic E-state index is -1.04. The van der Waals surface area contributed by atoms with Crippen LogP contribution in [0, 0.1) is 13.8 Å². The van der Waals surface area contributed by atoms with Gasteiger partial charge in [0.2, 0.25) is 0 Å². The zero-order valence-electron chi connectivity index (χ0n) is 17.3. The van der Waals surface area contributed by atoms with Gasteiger partial charge in [-0.2, -0.15) is 0 Å². The van der Waals surface area contributed by atoms with Crippen LogP contribution in [0.3, 0.4) is 0 Å². The maximum Gasteiger partial charge on any atom is 0.326 e. The lowest BCUT2D eigenvalue weighted by molar-refractivity contribution is -0.139. The Morgan fingerprint density at radius 3 is 2.43 bits per heavy atom. The summed E-state index contributed by atoms with van der Waals surface area (Å²) in [4.78, 5) is 36.3. The minimum absolute atomic E-state index is 0.125. The molecule has 0 aliphatic rings. The Hall–Kier alpha value is -3.41. The molecule has 0 aliphatic carbocycles.